The number of hydrogen-bond donors (Lipinski definition) is 1. The smallest absolute Gasteiger partial charge is 0.0923 e. The molecule has 0 saturated carbocycles. The monoisotopic (exact) mass is 165 g/mol. The summed E-state index contributed by atoms with van der Waals surface area (Å²) in [4.78, 5) is 7.13. The Morgan fingerprint density at radius 1 is 1.25 bits per heavy atom. The van der Waals surface area contributed by atoms with Gasteiger partial charge in [-0.1, -0.05) is 32.6 Å². The fourth-order valence-corrected chi connectivity index (χ4v) is 1.26. The molecule has 0 aliphatic heterocycles. The van der Waals surface area contributed by atoms with Crippen molar-refractivity contribution in [2.45, 2.75) is 38.5 Å². The van der Waals surface area contributed by atoms with Gasteiger partial charge in [-0.3, -0.25) is 0 Å². The van der Waals surface area contributed by atoms with Crippen LogP contribution in [0, 0.1) is 6.92 Å². The molecule has 0 bridgehead atoms. The molecule has 12 heavy (non-hydrogen) atoms. The molecule has 1 rings (SSSR count). The number of rotatable bonds is 6. The Kier molecular flexibility index (Phi) is 4.50. The zero-order valence-corrected chi connectivity index (χ0v) is 7.55. The van der Waals surface area contributed by atoms with Crippen molar-refractivity contribution in [2.24, 2.45) is 0 Å². The number of aromatic amines is 1. The van der Waals surface area contributed by atoms with Gasteiger partial charge >= 0.3 is 0 Å². The highest BCUT2D eigenvalue weighted by molar-refractivity contribution is 4.93. The van der Waals surface area contributed by atoms with Gasteiger partial charge in [0.2, 0.25) is 0 Å². The van der Waals surface area contributed by atoms with Crippen LogP contribution in [0.2, 0.25) is 0 Å². The molecule has 0 spiro atoms. The van der Waals surface area contributed by atoms with Crippen molar-refractivity contribution in [2.75, 3.05) is 0 Å². The highest BCUT2D eigenvalue weighted by Crippen LogP contribution is 2.05. The number of nitrogens with one attached hydrogen (secondary N) is 1. The van der Waals surface area contributed by atoms with E-state index >= 15 is 0 Å². The topological polar surface area (TPSA) is 28.7 Å². The van der Waals surface area contributed by atoms with E-state index < -0.39 is 0 Å². The van der Waals surface area contributed by atoms with Gasteiger partial charge in [-0.05, 0) is 12.8 Å². The summed E-state index contributed by atoms with van der Waals surface area (Å²) in [6, 6.07) is 0. The van der Waals surface area contributed by atoms with Crippen LogP contribution in [0.1, 0.15) is 37.8 Å². The molecule has 0 saturated heterocycles. The SMILES string of the molecule is [CH2]CCCCCCc1c[nH]cn1. The molecule has 1 heterocycles. The second-order valence-corrected chi connectivity index (χ2v) is 3.08. The van der Waals surface area contributed by atoms with Crippen molar-refractivity contribution in [3.05, 3.63) is 25.1 Å². The molecule has 2 nitrogen and oxygen atoms in total. The van der Waals surface area contributed by atoms with Gasteiger partial charge in [0.1, 0.15) is 0 Å². The van der Waals surface area contributed by atoms with Crippen LogP contribution >= 0.6 is 0 Å². The van der Waals surface area contributed by atoms with E-state index in [1.54, 1.807) is 6.33 Å². The summed E-state index contributed by atoms with van der Waals surface area (Å²) in [5.74, 6) is 0. The third kappa shape index (κ3) is 3.56. The average Bonchev–Trinajstić information content (AvgIpc) is 2.57. The van der Waals surface area contributed by atoms with Crippen LogP contribution < -0.4 is 0 Å². The Hall–Kier alpha value is -0.790. The zero-order chi connectivity index (χ0) is 8.65. The van der Waals surface area contributed by atoms with Crippen LogP contribution in [-0.4, -0.2) is 9.97 Å². The Morgan fingerprint density at radius 3 is 2.75 bits per heavy atom. The fourth-order valence-electron chi connectivity index (χ4n) is 1.26. The van der Waals surface area contributed by atoms with Crippen molar-refractivity contribution >= 4 is 0 Å². The standard InChI is InChI=1S/C10H17N2/c1-2-3-4-5-6-7-10-8-11-9-12-10/h8-9H,1-7H2,(H,11,12). The molecule has 1 radical (unpaired) electrons. The highest BCUT2D eigenvalue weighted by Gasteiger charge is 1.93. The third-order valence-corrected chi connectivity index (χ3v) is 1.99. The maximum Gasteiger partial charge on any atom is 0.0923 e. The fraction of sp³-hybridized carbons (Fsp3) is 0.600. The normalized spacial score (nSPS) is 10.4. The van der Waals surface area contributed by atoms with Crippen molar-refractivity contribution in [1.82, 2.24) is 9.97 Å². The van der Waals surface area contributed by atoms with E-state index in [2.05, 4.69) is 16.9 Å². The van der Waals surface area contributed by atoms with Gasteiger partial charge in [-0.25, -0.2) is 4.98 Å². The minimum Gasteiger partial charge on any atom is -0.351 e. The van der Waals surface area contributed by atoms with Gasteiger partial charge in [0.15, 0.2) is 0 Å². The summed E-state index contributed by atoms with van der Waals surface area (Å²) in [6.07, 6.45) is 11.0. The van der Waals surface area contributed by atoms with Gasteiger partial charge in [0.05, 0.1) is 12.0 Å². The van der Waals surface area contributed by atoms with Gasteiger partial charge < -0.3 is 4.98 Å². The molecule has 0 fully saturated rings. The molecule has 0 aliphatic carbocycles. The molecule has 0 unspecified atom stereocenters. The summed E-state index contributed by atoms with van der Waals surface area (Å²) in [6.45, 7) is 3.82. The summed E-state index contributed by atoms with van der Waals surface area (Å²) in [7, 11) is 0. The minimum atomic E-state index is 1.07. The van der Waals surface area contributed by atoms with Crippen molar-refractivity contribution < 1.29 is 0 Å². The molecule has 1 aromatic rings. The molecule has 2 heteroatoms. The maximum absolute atomic E-state index is 4.17. The Balaban J connectivity index is 1.96. The lowest BCUT2D eigenvalue weighted by molar-refractivity contribution is 0.641. The Bertz CT molecular complexity index is 180. The first-order chi connectivity index (χ1) is 5.93. The van der Waals surface area contributed by atoms with Crippen molar-refractivity contribution in [3.8, 4) is 0 Å². The van der Waals surface area contributed by atoms with Gasteiger partial charge in [-0.15, -0.1) is 0 Å². The Labute approximate surface area is 74.4 Å². The second-order valence-electron chi connectivity index (χ2n) is 3.08. The molecule has 0 amide bonds. The lowest BCUT2D eigenvalue weighted by Gasteiger charge is -1.96. The van der Waals surface area contributed by atoms with Crippen LogP contribution in [0.15, 0.2) is 12.5 Å². The largest absolute Gasteiger partial charge is 0.351 e. The van der Waals surface area contributed by atoms with E-state index in [0.29, 0.717) is 0 Å². The number of aromatic nitrogens is 2. The molecule has 67 valence electrons. The number of nitrogens with zero attached hydrogens (tertiary/aromatic N) is 1. The first kappa shape index (κ1) is 9.30. The molecule has 1 aromatic heterocycles. The van der Waals surface area contributed by atoms with Gasteiger partial charge in [-0.2, -0.15) is 0 Å². The van der Waals surface area contributed by atoms with Crippen LogP contribution in [0.3, 0.4) is 0 Å². The third-order valence-electron chi connectivity index (χ3n) is 1.99. The van der Waals surface area contributed by atoms with Gasteiger partial charge in [0, 0.05) is 6.20 Å². The van der Waals surface area contributed by atoms with E-state index in [4.69, 9.17) is 0 Å². The molecular formula is C10H17N2. The highest BCUT2D eigenvalue weighted by atomic mass is 14.9. The van der Waals surface area contributed by atoms with Crippen LogP contribution in [0.4, 0.5) is 0 Å². The van der Waals surface area contributed by atoms with Crippen molar-refractivity contribution in [1.29, 1.82) is 0 Å². The summed E-state index contributed by atoms with van der Waals surface area (Å²) < 4.78 is 0. The number of aryl methyl sites for hydroxylation is 1. The lowest BCUT2D eigenvalue weighted by Crippen LogP contribution is -1.85. The first-order valence-corrected chi connectivity index (χ1v) is 4.70. The zero-order valence-electron chi connectivity index (χ0n) is 7.55. The molecule has 1 N–H and O–H groups in total. The maximum atomic E-state index is 4.17. The lowest BCUT2D eigenvalue weighted by atomic mass is 10.1. The predicted octanol–water partition coefficient (Wildman–Crippen LogP) is 2.74. The van der Waals surface area contributed by atoms with E-state index in [-0.39, 0.29) is 0 Å². The number of unbranched alkanes of at least 4 members (excludes halogenated alkanes) is 4. The second kappa shape index (κ2) is 5.81. The minimum absolute atomic E-state index is 1.07. The summed E-state index contributed by atoms with van der Waals surface area (Å²) in [5.41, 5.74) is 1.18. The first-order valence-electron chi connectivity index (χ1n) is 4.70. The van der Waals surface area contributed by atoms with E-state index in [1.165, 1.54) is 31.4 Å². The van der Waals surface area contributed by atoms with Crippen LogP contribution in [0.5, 0.6) is 0 Å². The van der Waals surface area contributed by atoms with E-state index in [9.17, 15) is 0 Å². The van der Waals surface area contributed by atoms with E-state index in [1.807, 2.05) is 6.20 Å². The molecular weight excluding hydrogens is 148 g/mol. The molecule has 0 aliphatic rings. The van der Waals surface area contributed by atoms with Gasteiger partial charge in [0.25, 0.3) is 0 Å². The van der Waals surface area contributed by atoms with Crippen LogP contribution in [-0.2, 0) is 6.42 Å². The quantitative estimate of drug-likeness (QED) is 0.645. The Morgan fingerprint density at radius 2 is 2.08 bits per heavy atom. The molecule has 0 atom stereocenters. The van der Waals surface area contributed by atoms with E-state index in [0.717, 1.165) is 12.8 Å². The summed E-state index contributed by atoms with van der Waals surface area (Å²) >= 11 is 0. The molecule has 0 aromatic carbocycles. The summed E-state index contributed by atoms with van der Waals surface area (Å²) in [5, 5.41) is 0. The average molecular weight is 165 g/mol. The number of imidazole rings is 1. The number of hydrogen-bond acceptors (Lipinski definition) is 1. The van der Waals surface area contributed by atoms with Crippen LogP contribution in [0.25, 0.3) is 0 Å². The predicted molar refractivity (Wildman–Crippen MR) is 50.7 cm³/mol. The number of H-pyrrole nitrogens is 1. The van der Waals surface area contributed by atoms with Crippen molar-refractivity contribution in [3.63, 3.8) is 0 Å².